The number of halogens is 2. The van der Waals surface area contributed by atoms with Crippen LogP contribution in [0.3, 0.4) is 0 Å². The van der Waals surface area contributed by atoms with Crippen LogP contribution in [-0.4, -0.2) is 11.8 Å². The van der Waals surface area contributed by atoms with E-state index in [2.05, 4.69) is 15.9 Å². The van der Waals surface area contributed by atoms with E-state index in [0.29, 0.717) is 17.3 Å². The number of hydrogen-bond donors (Lipinski definition) is 0. The molecule has 5 heteroatoms. The van der Waals surface area contributed by atoms with Crippen LogP contribution < -0.4 is 4.90 Å². The summed E-state index contributed by atoms with van der Waals surface area (Å²) < 4.78 is 13.7. The van der Waals surface area contributed by atoms with Gasteiger partial charge in [-0.15, -0.1) is 0 Å². The lowest BCUT2D eigenvalue weighted by Gasteiger charge is -2.28. The minimum absolute atomic E-state index is 0.0542. The van der Waals surface area contributed by atoms with E-state index >= 15 is 0 Å². The lowest BCUT2D eigenvalue weighted by molar-refractivity contribution is -0.130. The number of carbonyl (C=O) groups excluding carboxylic acids is 2. The number of carbonyl (C=O) groups is 2. The maximum Gasteiger partial charge on any atom is 0.234 e. The molecular formula is C12H11BrFNO2. The fourth-order valence-electron chi connectivity index (χ4n) is 1.92. The predicted octanol–water partition coefficient (Wildman–Crippen LogP) is 2.88. The average molecular weight is 300 g/mol. The van der Waals surface area contributed by atoms with Gasteiger partial charge in [0.25, 0.3) is 0 Å². The first-order valence-corrected chi connectivity index (χ1v) is 6.09. The molecule has 0 spiro atoms. The van der Waals surface area contributed by atoms with Crippen LogP contribution in [0, 0.1) is 11.7 Å². The van der Waals surface area contributed by atoms with E-state index in [1.807, 2.05) is 6.92 Å². The van der Waals surface area contributed by atoms with Crippen molar-refractivity contribution < 1.29 is 14.0 Å². The highest BCUT2D eigenvalue weighted by atomic mass is 79.9. The summed E-state index contributed by atoms with van der Waals surface area (Å²) in [5.74, 6) is -0.971. The molecule has 0 aliphatic carbocycles. The van der Waals surface area contributed by atoms with Gasteiger partial charge in [0.05, 0.1) is 5.69 Å². The van der Waals surface area contributed by atoms with Crippen molar-refractivity contribution in [1.29, 1.82) is 0 Å². The molecule has 3 nitrogen and oxygen atoms in total. The van der Waals surface area contributed by atoms with E-state index in [1.165, 1.54) is 18.2 Å². The van der Waals surface area contributed by atoms with Crippen LogP contribution in [-0.2, 0) is 9.59 Å². The Morgan fingerprint density at radius 1 is 1.29 bits per heavy atom. The van der Waals surface area contributed by atoms with Crippen LogP contribution in [0.25, 0.3) is 0 Å². The van der Waals surface area contributed by atoms with Crippen LogP contribution in [0.1, 0.15) is 19.8 Å². The molecule has 1 aliphatic heterocycles. The molecule has 0 saturated carbocycles. The monoisotopic (exact) mass is 299 g/mol. The number of anilines is 1. The van der Waals surface area contributed by atoms with E-state index in [1.54, 1.807) is 0 Å². The van der Waals surface area contributed by atoms with Gasteiger partial charge in [-0.25, -0.2) is 9.29 Å². The minimum atomic E-state index is -0.470. The van der Waals surface area contributed by atoms with Crippen molar-refractivity contribution in [1.82, 2.24) is 0 Å². The molecule has 0 unspecified atom stereocenters. The predicted molar refractivity (Wildman–Crippen MR) is 65.0 cm³/mol. The third kappa shape index (κ3) is 2.39. The molecular weight excluding hydrogens is 289 g/mol. The summed E-state index contributed by atoms with van der Waals surface area (Å²) in [4.78, 5) is 24.7. The maximum absolute atomic E-state index is 13.2. The van der Waals surface area contributed by atoms with E-state index in [0.717, 1.165) is 4.90 Å². The summed E-state index contributed by atoms with van der Waals surface area (Å²) in [5.41, 5.74) is 0.284. The molecule has 90 valence electrons. The van der Waals surface area contributed by atoms with E-state index in [4.69, 9.17) is 0 Å². The van der Waals surface area contributed by atoms with Crippen LogP contribution >= 0.6 is 15.9 Å². The van der Waals surface area contributed by atoms with Gasteiger partial charge >= 0.3 is 0 Å². The van der Waals surface area contributed by atoms with E-state index in [9.17, 15) is 14.0 Å². The smallest absolute Gasteiger partial charge is 0.234 e. The number of nitrogens with zero attached hydrogens (tertiary/aromatic N) is 1. The first kappa shape index (κ1) is 12.2. The standard InChI is InChI=1S/C12H11BrFNO2/c1-7-4-11(16)15(12(17)5-7)10-6-8(14)2-3-9(10)13/h2-3,6-7H,4-5H2,1H3. The van der Waals surface area contributed by atoms with Crippen LogP contribution in [0.15, 0.2) is 22.7 Å². The van der Waals surface area contributed by atoms with Crippen molar-refractivity contribution >= 4 is 33.4 Å². The lowest BCUT2D eigenvalue weighted by atomic mass is 9.97. The Balaban J connectivity index is 2.41. The number of benzene rings is 1. The Morgan fingerprint density at radius 3 is 2.47 bits per heavy atom. The van der Waals surface area contributed by atoms with Crippen molar-refractivity contribution in [3.63, 3.8) is 0 Å². The number of amides is 2. The van der Waals surface area contributed by atoms with Crippen LogP contribution in [0.2, 0.25) is 0 Å². The van der Waals surface area contributed by atoms with Crippen molar-refractivity contribution in [2.24, 2.45) is 5.92 Å². The Bertz CT molecular complexity index is 471. The van der Waals surface area contributed by atoms with Gasteiger partial charge in [-0.3, -0.25) is 9.59 Å². The summed E-state index contributed by atoms with van der Waals surface area (Å²) in [6.07, 6.45) is 0.628. The molecule has 1 aliphatic rings. The van der Waals surface area contributed by atoms with Gasteiger partial charge in [0, 0.05) is 17.3 Å². The molecule has 2 rings (SSSR count). The zero-order valence-electron chi connectivity index (χ0n) is 9.24. The zero-order chi connectivity index (χ0) is 12.6. The second-order valence-corrected chi connectivity index (χ2v) is 5.09. The molecule has 0 N–H and O–H groups in total. The molecule has 1 fully saturated rings. The molecule has 1 saturated heterocycles. The van der Waals surface area contributed by atoms with Gasteiger partial charge < -0.3 is 0 Å². The number of imide groups is 1. The Kier molecular flexibility index (Phi) is 3.28. The molecule has 0 radical (unpaired) electrons. The van der Waals surface area contributed by atoms with Gasteiger partial charge in [-0.05, 0) is 40.0 Å². The second kappa shape index (κ2) is 4.56. The van der Waals surface area contributed by atoms with Gasteiger partial charge in [0.15, 0.2) is 0 Å². The molecule has 0 bridgehead atoms. The highest BCUT2D eigenvalue weighted by Crippen LogP contribution is 2.31. The largest absolute Gasteiger partial charge is 0.274 e. The third-order valence-electron chi connectivity index (χ3n) is 2.69. The maximum atomic E-state index is 13.2. The van der Waals surface area contributed by atoms with E-state index < -0.39 is 5.82 Å². The Labute approximate surface area is 107 Å². The van der Waals surface area contributed by atoms with Gasteiger partial charge in [0.2, 0.25) is 11.8 Å². The van der Waals surface area contributed by atoms with Crippen molar-refractivity contribution in [3.8, 4) is 0 Å². The fourth-order valence-corrected chi connectivity index (χ4v) is 2.34. The average Bonchev–Trinajstić information content (AvgIpc) is 2.21. The quantitative estimate of drug-likeness (QED) is 0.748. The summed E-state index contributed by atoms with van der Waals surface area (Å²) in [7, 11) is 0. The molecule has 17 heavy (non-hydrogen) atoms. The highest BCUT2D eigenvalue weighted by molar-refractivity contribution is 9.10. The van der Waals surface area contributed by atoms with Gasteiger partial charge in [-0.1, -0.05) is 6.92 Å². The fraction of sp³-hybridized carbons (Fsp3) is 0.333. The molecule has 0 aromatic heterocycles. The molecule has 2 amide bonds. The number of hydrogen-bond acceptors (Lipinski definition) is 2. The van der Waals surface area contributed by atoms with E-state index in [-0.39, 0.29) is 23.4 Å². The molecule has 0 atom stereocenters. The lowest BCUT2D eigenvalue weighted by Crippen LogP contribution is -2.43. The Hall–Kier alpha value is -1.23. The normalized spacial score (nSPS) is 17.7. The van der Waals surface area contributed by atoms with Gasteiger partial charge in [-0.2, -0.15) is 0 Å². The topological polar surface area (TPSA) is 37.4 Å². The zero-order valence-corrected chi connectivity index (χ0v) is 10.8. The highest BCUT2D eigenvalue weighted by Gasteiger charge is 2.32. The minimum Gasteiger partial charge on any atom is -0.274 e. The Morgan fingerprint density at radius 2 is 1.88 bits per heavy atom. The SMILES string of the molecule is CC1CC(=O)N(c2cc(F)ccc2Br)C(=O)C1. The molecule has 1 aromatic rings. The molecule has 1 heterocycles. The van der Waals surface area contributed by atoms with Crippen LogP contribution in [0.5, 0.6) is 0 Å². The number of rotatable bonds is 1. The summed E-state index contributed by atoms with van der Waals surface area (Å²) in [6.45, 7) is 1.85. The second-order valence-electron chi connectivity index (χ2n) is 4.23. The van der Waals surface area contributed by atoms with Gasteiger partial charge in [0.1, 0.15) is 5.82 Å². The van der Waals surface area contributed by atoms with Crippen LogP contribution in [0.4, 0.5) is 10.1 Å². The van der Waals surface area contributed by atoms with Crippen molar-refractivity contribution in [2.45, 2.75) is 19.8 Å². The first-order valence-electron chi connectivity index (χ1n) is 5.30. The summed E-state index contributed by atoms with van der Waals surface area (Å²) in [5, 5.41) is 0. The third-order valence-corrected chi connectivity index (χ3v) is 3.36. The van der Waals surface area contributed by atoms with Crippen molar-refractivity contribution in [3.05, 3.63) is 28.5 Å². The first-order chi connectivity index (χ1) is 7.99. The number of piperidine rings is 1. The van der Waals surface area contributed by atoms with Crippen molar-refractivity contribution in [2.75, 3.05) is 4.90 Å². The molecule has 1 aromatic carbocycles. The summed E-state index contributed by atoms with van der Waals surface area (Å²) >= 11 is 3.22. The summed E-state index contributed by atoms with van der Waals surface area (Å²) in [6, 6.07) is 3.95.